The third-order valence-corrected chi connectivity index (χ3v) is 4.85. The lowest BCUT2D eigenvalue weighted by atomic mass is 9.98. The highest BCUT2D eigenvalue weighted by Crippen LogP contribution is 2.37. The van der Waals surface area contributed by atoms with Gasteiger partial charge in [-0.3, -0.25) is 0 Å². The Balaban J connectivity index is 2.12. The van der Waals surface area contributed by atoms with Crippen molar-refractivity contribution in [3.8, 4) is 0 Å². The van der Waals surface area contributed by atoms with E-state index in [4.69, 9.17) is 27.6 Å². The number of alkyl halides is 3. The number of hydrogen-bond acceptors (Lipinski definition) is 2. The zero-order chi connectivity index (χ0) is 19.2. The van der Waals surface area contributed by atoms with Gasteiger partial charge in [0.05, 0.1) is 22.4 Å². The van der Waals surface area contributed by atoms with E-state index in [1.807, 2.05) is 0 Å². The van der Waals surface area contributed by atoms with Crippen LogP contribution in [-0.2, 0) is 12.6 Å². The molecule has 1 heterocycles. The lowest BCUT2D eigenvalue weighted by Crippen LogP contribution is -2.05. The monoisotopic (exact) mass is 402 g/mol. The molecule has 136 valence electrons. The SMILES string of the molecule is Cc1cc(C(F)(F)F)cc2occ(Cc3c(Cl)ccc(C(=O)O)c3Cl)c12. The van der Waals surface area contributed by atoms with Crippen LogP contribution in [0.2, 0.25) is 10.0 Å². The Morgan fingerprint density at radius 1 is 1.23 bits per heavy atom. The smallest absolute Gasteiger partial charge is 0.416 e. The molecule has 0 aliphatic heterocycles. The molecule has 0 spiro atoms. The second kappa shape index (κ2) is 6.52. The predicted octanol–water partition coefficient (Wildman–Crippen LogP) is 6.36. The van der Waals surface area contributed by atoms with E-state index in [1.165, 1.54) is 18.4 Å². The zero-order valence-electron chi connectivity index (χ0n) is 13.2. The van der Waals surface area contributed by atoms with Gasteiger partial charge in [-0.2, -0.15) is 13.2 Å². The molecule has 3 rings (SSSR count). The molecule has 0 bridgehead atoms. The topological polar surface area (TPSA) is 50.4 Å². The number of aromatic carboxylic acids is 1. The number of carboxylic acid groups (broad SMARTS) is 1. The van der Waals surface area contributed by atoms with Gasteiger partial charge >= 0.3 is 12.1 Å². The van der Waals surface area contributed by atoms with Crippen molar-refractivity contribution in [2.24, 2.45) is 0 Å². The average Bonchev–Trinajstić information content (AvgIpc) is 2.93. The third-order valence-electron chi connectivity index (χ3n) is 4.06. The number of fused-ring (bicyclic) bond motifs is 1. The highest BCUT2D eigenvalue weighted by atomic mass is 35.5. The van der Waals surface area contributed by atoms with Crippen LogP contribution < -0.4 is 0 Å². The zero-order valence-corrected chi connectivity index (χ0v) is 14.8. The van der Waals surface area contributed by atoms with E-state index >= 15 is 0 Å². The minimum atomic E-state index is -4.48. The van der Waals surface area contributed by atoms with Crippen molar-refractivity contribution >= 4 is 40.1 Å². The maximum absolute atomic E-state index is 12.9. The first kappa shape index (κ1) is 18.6. The van der Waals surface area contributed by atoms with Crippen LogP contribution in [0, 0.1) is 6.92 Å². The van der Waals surface area contributed by atoms with E-state index in [1.54, 1.807) is 6.92 Å². The second-order valence-corrected chi connectivity index (χ2v) is 6.58. The first-order chi connectivity index (χ1) is 12.1. The first-order valence-electron chi connectivity index (χ1n) is 7.37. The lowest BCUT2D eigenvalue weighted by molar-refractivity contribution is -0.137. The van der Waals surface area contributed by atoms with Crippen molar-refractivity contribution < 1.29 is 27.5 Å². The van der Waals surface area contributed by atoms with Crippen molar-refractivity contribution in [3.63, 3.8) is 0 Å². The van der Waals surface area contributed by atoms with Crippen LogP contribution in [0.15, 0.2) is 34.9 Å². The lowest BCUT2D eigenvalue weighted by Gasteiger charge is -2.10. The number of carbonyl (C=O) groups is 1. The summed E-state index contributed by atoms with van der Waals surface area (Å²) in [6, 6.07) is 4.69. The Bertz CT molecular complexity index is 1020. The third kappa shape index (κ3) is 3.27. The van der Waals surface area contributed by atoms with Crippen molar-refractivity contribution in [1.29, 1.82) is 0 Å². The molecule has 0 saturated carbocycles. The molecule has 0 aliphatic carbocycles. The Morgan fingerprint density at radius 3 is 2.54 bits per heavy atom. The van der Waals surface area contributed by atoms with Crippen molar-refractivity contribution in [2.75, 3.05) is 0 Å². The fraction of sp³-hybridized carbons (Fsp3) is 0.167. The standard InChI is InChI=1S/C18H11Cl2F3O3/c1-8-4-10(18(21,22)23)6-14-15(8)9(7-26-14)5-12-13(19)3-2-11(16(12)20)17(24)25/h2-4,6-7H,5H2,1H3,(H,24,25). The summed E-state index contributed by atoms with van der Waals surface area (Å²) in [6.07, 6.45) is -3.02. The average molecular weight is 403 g/mol. The number of aryl methyl sites for hydroxylation is 1. The number of halogens is 5. The van der Waals surface area contributed by atoms with E-state index in [0.717, 1.165) is 12.1 Å². The molecule has 3 nitrogen and oxygen atoms in total. The van der Waals surface area contributed by atoms with E-state index in [0.29, 0.717) is 22.1 Å². The van der Waals surface area contributed by atoms with Gasteiger partial charge in [0, 0.05) is 22.4 Å². The summed E-state index contributed by atoms with van der Waals surface area (Å²) in [5.74, 6) is -1.20. The largest absolute Gasteiger partial charge is 0.478 e. The van der Waals surface area contributed by atoms with Crippen LogP contribution in [0.4, 0.5) is 13.2 Å². The highest BCUT2D eigenvalue weighted by Gasteiger charge is 2.32. The number of benzene rings is 2. The number of rotatable bonds is 3. The summed E-state index contributed by atoms with van der Waals surface area (Å²) in [4.78, 5) is 11.2. The van der Waals surface area contributed by atoms with E-state index in [-0.39, 0.29) is 27.6 Å². The summed E-state index contributed by atoms with van der Waals surface area (Å²) < 4.78 is 44.1. The van der Waals surface area contributed by atoms with Gasteiger partial charge in [-0.1, -0.05) is 23.2 Å². The van der Waals surface area contributed by atoms with Crippen LogP contribution in [0.5, 0.6) is 0 Å². The van der Waals surface area contributed by atoms with E-state index < -0.39 is 17.7 Å². The van der Waals surface area contributed by atoms with Gasteiger partial charge in [0.15, 0.2) is 0 Å². The molecule has 3 aromatic rings. The van der Waals surface area contributed by atoms with Gasteiger partial charge in [-0.15, -0.1) is 0 Å². The Kier molecular flexibility index (Phi) is 4.67. The molecular formula is C18H11Cl2F3O3. The summed E-state index contributed by atoms with van der Waals surface area (Å²) in [7, 11) is 0. The molecule has 0 aliphatic rings. The van der Waals surface area contributed by atoms with Gasteiger partial charge in [-0.05, 0) is 42.3 Å². The van der Waals surface area contributed by atoms with Gasteiger partial charge in [0.2, 0.25) is 0 Å². The van der Waals surface area contributed by atoms with E-state index in [2.05, 4.69) is 0 Å². The van der Waals surface area contributed by atoms with Gasteiger partial charge < -0.3 is 9.52 Å². The fourth-order valence-corrected chi connectivity index (χ4v) is 3.45. The molecule has 1 N–H and O–H groups in total. The normalized spacial score (nSPS) is 11.9. The minimum Gasteiger partial charge on any atom is -0.478 e. The Morgan fingerprint density at radius 2 is 1.92 bits per heavy atom. The predicted molar refractivity (Wildman–Crippen MR) is 92.2 cm³/mol. The summed E-state index contributed by atoms with van der Waals surface area (Å²) >= 11 is 12.3. The van der Waals surface area contributed by atoms with Crippen LogP contribution in [0.1, 0.15) is 32.6 Å². The number of hydrogen-bond donors (Lipinski definition) is 1. The fourth-order valence-electron chi connectivity index (χ4n) is 2.86. The number of furan rings is 1. The van der Waals surface area contributed by atoms with Crippen LogP contribution in [-0.4, -0.2) is 11.1 Å². The second-order valence-electron chi connectivity index (χ2n) is 5.79. The van der Waals surface area contributed by atoms with Crippen molar-refractivity contribution in [1.82, 2.24) is 0 Å². The van der Waals surface area contributed by atoms with Crippen LogP contribution in [0.3, 0.4) is 0 Å². The van der Waals surface area contributed by atoms with Crippen molar-refractivity contribution in [3.05, 3.63) is 68.4 Å². The van der Waals surface area contributed by atoms with Crippen LogP contribution >= 0.6 is 23.2 Å². The van der Waals surface area contributed by atoms with Crippen LogP contribution in [0.25, 0.3) is 11.0 Å². The maximum atomic E-state index is 12.9. The highest BCUT2D eigenvalue weighted by molar-refractivity contribution is 6.38. The molecule has 0 unspecified atom stereocenters. The van der Waals surface area contributed by atoms with Gasteiger partial charge in [-0.25, -0.2) is 4.79 Å². The molecule has 2 aromatic carbocycles. The first-order valence-corrected chi connectivity index (χ1v) is 8.13. The molecule has 26 heavy (non-hydrogen) atoms. The summed E-state index contributed by atoms with van der Waals surface area (Å²) in [5, 5.41) is 9.95. The Labute approximate surface area is 155 Å². The minimum absolute atomic E-state index is 0.0103. The molecule has 0 saturated heterocycles. The van der Waals surface area contributed by atoms with Gasteiger partial charge in [0.25, 0.3) is 0 Å². The molecule has 1 aromatic heterocycles. The molecule has 0 radical (unpaired) electrons. The summed E-state index contributed by atoms with van der Waals surface area (Å²) in [6.45, 7) is 1.55. The number of carboxylic acids is 1. The van der Waals surface area contributed by atoms with Gasteiger partial charge in [0.1, 0.15) is 5.58 Å². The quantitative estimate of drug-likeness (QED) is 0.554. The van der Waals surface area contributed by atoms with Crippen molar-refractivity contribution in [2.45, 2.75) is 19.5 Å². The molecular weight excluding hydrogens is 392 g/mol. The van der Waals surface area contributed by atoms with E-state index in [9.17, 15) is 23.1 Å². The molecule has 8 heteroatoms. The summed E-state index contributed by atoms with van der Waals surface area (Å²) in [5.41, 5.74) is 0.518. The molecule has 0 amide bonds. The Hall–Kier alpha value is -2.18. The molecule has 0 atom stereocenters. The molecule has 0 fully saturated rings. The maximum Gasteiger partial charge on any atom is 0.416 e.